The van der Waals surface area contributed by atoms with Crippen LogP contribution in [0.3, 0.4) is 0 Å². The summed E-state index contributed by atoms with van der Waals surface area (Å²) in [5, 5.41) is 21.5. The van der Waals surface area contributed by atoms with E-state index in [1.165, 1.54) is 0 Å². The van der Waals surface area contributed by atoms with Gasteiger partial charge in [-0.3, -0.25) is 0 Å². The topological polar surface area (TPSA) is 57.5 Å². The highest BCUT2D eigenvalue weighted by atomic mass is 16.4. The molecule has 0 atom stereocenters. The van der Waals surface area contributed by atoms with E-state index < -0.39 is 5.97 Å². The van der Waals surface area contributed by atoms with Gasteiger partial charge in [-0.25, -0.2) is 4.79 Å². The first-order valence-corrected chi connectivity index (χ1v) is 7.54. The van der Waals surface area contributed by atoms with Crippen LogP contribution in [0.2, 0.25) is 0 Å². The molecule has 1 aliphatic rings. The Balaban J connectivity index is 2.15. The Hall–Kier alpha value is -2.81. The normalized spacial score (nSPS) is 14.5. The molecule has 0 saturated carbocycles. The lowest BCUT2D eigenvalue weighted by Crippen LogP contribution is -2.15. The molecule has 2 N–H and O–H groups in total. The molecule has 23 heavy (non-hydrogen) atoms. The van der Waals surface area contributed by atoms with Crippen LogP contribution < -0.4 is 0 Å². The minimum absolute atomic E-state index is 0.263. The van der Waals surface area contributed by atoms with Crippen molar-refractivity contribution in [2.45, 2.75) is 19.3 Å². The fourth-order valence-corrected chi connectivity index (χ4v) is 3.70. The number of phenolic OH excluding ortho intramolecular Hbond substituents is 1. The molecule has 0 unspecified atom stereocenters. The Kier molecular flexibility index (Phi) is 2.62. The van der Waals surface area contributed by atoms with Crippen molar-refractivity contribution in [2.24, 2.45) is 0 Å². The van der Waals surface area contributed by atoms with Crippen LogP contribution in [0, 0.1) is 0 Å². The Morgan fingerprint density at radius 2 is 1.65 bits per heavy atom. The number of phenols is 1. The van der Waals surface area contributed by atoms with Crippen molar-refractivity contribution in [1.82, 2.24) is 0 Å². The highest BCUT2D eigenvalue weighted by Crippen LogP contribution is 2.53. The number of hydrogen-bond acceptors (Lipinski definition) is 2. The molecule has 1 aliphatic carbocycles. The van der Waals surface area contributed by atoms with Gasteiger partial charge in [0, 0.05) is 10.8 Å². The van der Waals surface area contributed by atoms with Crippen molar-refractivity contribution >= 4 is 16.7 Å². The number of hydrogen-bond donors (Lipinski definition) is 2. The molecule has 3 aromatic carbocycles. The van der Waals surface area contributed by atoms with E-state index in [4.69, 9.17) is 0 Å². The quantitative estimate of drug-likeness (QED) is 0.693. The van der Waals surface area contributed by atoms with E-state index in [1.807, 2.05) is 36.4 Å². The first-order valence-electron chi connectivity index (χ1n) is 7.54. The zero-order chi connectivity index (χ0) is 16.4. The summed E-state index contributed by atoms with van der Waals surface area (Å²) in [7, 11) is 0. The first-order chi connectivity index (χ1) is 10.9. The number of fused-ring (bicyclic) bond motifs is 5. The molecular weight excluding hydrogens is 288 g/mol. The maximum atomic E-state index is 11.3. The van der Waals surface area contributed by atoms with E-state index in [0.29, 0.717) is 0 Å². The zero-order valence-corrected chi connectivity index (χ0v) is 12.9. The van der Waals surface area contributed by atoms with E-state index in [9.17, 15) is 15.0 Å². The lowest BCUT2D eigenvalue weighted by molar-refractivity contribution is 0.0696. The van der Waals surface area contributed by atoms with Gasteiger partial charge in [0.15, 0.2) is 0 Å². The maximum absolute atomic E-state index is 11.3. The minimum atomic E-state index is -0.924. The predicted octanol–water partition coefficient (Wildman–Crippen LogP) is 4.55. The van der Waals surface area contributed by atoms with Crippen molar-refractivity contribution in [1.29, 1.82) is 0 Å². The second-order valence-electron chi connectivity index (χ2n) is 6.55. The molecule has 0 spiro atoms. The minimum Gasteiger partial charge on any atom is -0.507 e. The van der Waals surface area contributed by atoms with Gasteiger partial charge in [0.1, 0.15) is 5.75 Å². The van der Waals surface area contributed by atoms with Crippen molar-refractivity contribution < 1.29 is 15.0 Å². The van der Waals surface area contributed by atoms with E-state index in [2.05, 4.69) is 13.8 Å². The van der Waals surface area contributed by atoms with Crippen LogP contribution in [-0.4, -0.2) is 16.2 Å². The lowest BCUT2D eigenvalue weighted by Gasteiger charge is -2.22. The van der Waals surface area contributed by atoms with Crippen molar-refractivity contribution in [3.63, 3.8) is 0 Å². The largest absolute Gasteiger partial charge is 0.507 e. The summed E-state index contributed by atoms with van der Waals surface area (Å²) in [6, 6.07) is 14.9. The lowest BCUT2D eigenvalue weighted by atomic mass is 9.81. The maximum Gasteiger partial charge on any atom is 0.335 e. The van der Waals surface area contributed by atoms with Crippen LogP contribution in [0.5, 0.6) is 5.75 Å². The second kappa shape index (κ2) is 4.35. The van der Waals surface area contributed by atoms with Crippen LogP contribution in [0.4, 0.5) is 0 Å². The van der Waals surface area contributed by atoms with E-state index in [0.717, 1.165) is 33.0 Å². The van der Waals surface area contributed by atoms with E-state index in [1.54, 1.807) is 12.1 Å². The predicted molar refractivity (Wildman–Crippen MR) is 90.1 cm³/mol. The number of benzene rings is 3. The molecule has 3 nitrogen and oxygen atoms in total. The summed E-state index contributed by atoms with van der Waals surface area (Å²) in [6.45, 7) is 4.13. The van der Waals surface area contributed by atoms with Crippen LogP contribution >= 0.6 is 0 Å². The van der Waals surface area contributed by atoms with Crippen LogP contribution in [0.1, 0.15) is 35.3 Å². The number of aromatic hydroxyl groups is 1. The molecular formula is C20H16O3. The third-order valence-corrected chi connectivity index (χ3v) is 4.91. The fourth-order valence-electron chi connectivity index (χ4n) is 3.70. The Labute approximate surface area is 133 Å². The molecule has 0 radical (unpaired) electrons. The molecule has 0 amide bonds. The summed E-state index contributed by atoms with van der Waals surface area (Å²) in [5.41, 5.74) is 4.10. The number of carboxylic acids is 1. The van der Waals surface area contributed by atoms with Gasteiger partial charge in [-0.05, 0) is 45.8 Å². The first kappa shape index (κ1) is 13.8. The van der Waals surface area contributed by atoms with Gasteiger partial charge < -0.3 is 10.2 Å². The van der Waals surface area contributed by atoms with Crippen LogP contribution in [0.15, 0.2) is 48.5 Å². The van der Waals surface area contributed by atoms with E-state index >= 15 is 0 Å². The Morgan fingerprint density at radius 3 is 2.35 bits per heavy atom. The molecule has 0 heterocycles. The average molecular weight is 304 g/mol. The molecule has 0 saturated heterocycles. The highest BCUT2D eigenvalue weighted by molar-refractivity contribution is 6.05. The molecule has 0 aliphatic heterocycles. The second-order valence-corrected chi connectivity index (χ2v) is 6.55. The molecule has 3 aromatic rings. The highest BCUT2D eigenvalue weighted by Gasteiger charge is 2.37. The molecule has 0 fully saturated rings. The average Bonchev–Trinajstić information content (AvgIpc) is 2.75. The van der Waals surface area contributed by atoms with Gasteiger partial charge in [0.2, 0.25) is 0 Å². The number of carboxylic acid groups (broad SMARTS) is 1. The Bertz CT molecular complexity index is 984. The fraction of sp³-hybridized carbons (Fsp3) is 0.150. The summed E-state index contributed by atoms with van der Waals surface area (Å²) < 4.78 is 0. The summed E-state index contributed by atoms with van der Waals surface area (Å²) in [6.07, 6.45) is 0. The summed E-state index contributed by atoms with van der Waals surface area (Å²) in [4.78, 5) is 11.3. The third-order valence-electron chi connectivity index (χ3n) is 4.91. The van der Waals surface area contributed by atoms with Gasteiger partial charge in [0.05, 0.1) is 5.56 Å². The van der Waals surface area contributed by atoms with Gasteiger partial charge in [-0.1, -0.05) is 44.2 Å². The number of aromatic carboxylic acids is 1. The van der Waals surface area contributed by atoms with Crippen LogP contribution in [0.25, 0.3) is 21.9 Å². The van der Waals surface area contributed by atoms with Crippen molar-refractivity contribution in [3.05, 3.63) is 65.2 Å². The Morgan fingerprint density at radius 1 is 0.957 bits per heavy atom. The SMILES string of the molecule is CC1(C)c2cc(C(=O)O)ccc2-c2c1cc(O)c1ccccc21. The molecule has 4 rings (SSSR count). The third kappa shape index (κ3) is 1.73. The van der Waals surface area contributed by atoms with Gasteiger partial charge in [0.25, 0.3) is 0 Å². The van der Waals surface area contributed by atoms with Gasteiger partial charge in [-0.15, -0.1) is 0 Å². The number of carbonyl (C=O) groups is 1. The number of rotatable bonds is 1. The summed E-state index contributed by atoms with van der Waals surface area (Å²) >= 11 is 0. The smallest absolute Gasteiger partial charge is 0.335 e. The molecule has 114 valence electrons. The monoisotopic (exact) mass is 304 g/mol. The van der Waals surface area contributed by atoms with Gasteiger partial charge in [-0.2, -0.15) is 0 Å². The van der Waals surface area contributed by atoms with Gasteiger partial charge >= 0.3 is 5.97 Å². The molecule has 0 bridgehead atoms. The van der Waals surface area contributed by atoms with Crippen LogP contribution in [-0.2, 0) is 5.41 Å². The van der Waals surface area contributed by atoms with Crippen molar-refractivity contribution in [3.8, 4) is 16.9 Å². The molecule has 3 heteroatoms. The summed E-state index contributed by atoms with van der Waals surface area (Å²) in [5.74, 6) is -0.661. The van der Waals surface area contributed by atoms with Crippen molar-refractivity contribution in [2.75, 3.05) is 0 Å². The molecule has 0 aromatic heterocycles. The zero-order valence-electron chi connectivity index (χ0n) is 12.9. The standard InChI is InChI=1S/C20H16O3/c1-20(2)15-9-11(19(22)23)7-8-14(15)18-13-6-4-3-5-12(13)17(21)10-16(18)20/h3-10,21H,1-2H3,(H,22,23). The van der Waals surface area contributed by atoms with E-state index in [-0.39, 0.29) is 16.7 Å².